The van der Waals surface area contributed by atoms with Crippen molar-refractivity contribution in [3.8, 4) is 0 Å². The van der Waals surface area contributed by atoms with E-state index >= 15 is 0 Å². The van der Waals surface area contributed by atoms with Crippen molar-refractivity contribution in [2.45, 2.75) is 17.7 Å². The topological polar surface area (TPSA) is 79.9 Å². The fourth-order valence-corrected chi connectivity index (χ4v) is 4.83. The van der Waals surface area contributed by atoms with Crippen molar-refractivity contribution in [1.82, 2.24) is 9.97 Å². The molecule has 0 aliphatic rings. The third-order valence-corrected chi connectivity index (χ3v) is 6.67. The van der Waals surface area contributed by atoms with Gasteiger partial charge in [0, 0.05) is 0 Å². The van der Waals surface area contributed by atoms with E-state index in [1.165, 1.54) is 0 Å². The molecule has 0 aliphatic heterocycles. The molecule has 1 N–H and O–H groups in total. The van der Waals surface area contributed by atoms with Gasteiger partial charge in [0.25, 0.3) is 0 Å². The van der Waals surface area contributed by atoms with Crippen molar-refractivity contribution in [3.05, 3.63) is 95.8 Å². The average molecular weight is 404 g/mol. The van der Waals surface area contributed by atoms with Gasteiger partial charge < -0.3 is 4.98 Å². The first-order valence-corrected chi connectivity index (χ1v) is 10.9. The zero-order valence-corrected chi connectivity index (χ0v) is 16.7. The Balaban J connectivity index is 1.74. The molecule has 0 bridgehead atoms. The number of nitrogens with one attached hydrogen (secondary N) is 1. The molecule has 5 nitrogen and oxygen atoms in total. The summed E-state index contributed by atoms with van der Waals surface area (Å²) in [5.41, 5.74) is 3.03. The SMILES string of the molecule is Cc1ccc(S(=O)(=O)CC(C(=O)c2nc3ccccc3[nH]2)c2ccccc2)cc1. The number of aromatic nitrogens is 2. The van der Waals surface area contributed by atoms with Crippen LogP contribution in [0.3, 0.4) is 0 Å². The zero-order valence-electron chi connectivity index (χ0n) is 15.9. The van der Waals surface area contributed by atoms with Gasteiger partial charge in [-0.2, -0.15) is 0 Å². The maximum atomic E-state index is 13.3. The summed E-state index contributed by atoms with van der Waals surface area (Å²) >= 11 is 0. The molecule has 0 spiro atoms. The van der Waals surface area contributed by atoms with Gasteiger partial charge in [0.15, 0.2) is 15.7 Å². The van der Waals surface area contributed by atoms with Crippen LogP contribution >= 0.6 is 0 Å². The van der Waals surface area contributed by atoms with E-state index in [4.69, 9.17) is 0 Å². The molecular weight excluding hydrogens is 384 g/mol. The summed E-state index contributed by atoms with van der Waals surface area (Å²) in [5.74, 6) is -1.36. The number of benzene rings is 3. The van der Waals surface area contributed by atoms with Gasteiger partial charge in [-0.05, 0) is 36.8 Å². The lowest BCUT2D eigenvalue weighted by Gasteiger charge is -2.16. The van der Waals surface area contributed by atoms with Gasteiger partial charge in [-0.25, -0.2) is 13.4 Å². The highest BCUT2D eigenvalue weighted by atomic mass is 32.2. The van der Waals surface area contributed by atoms with E-state index in [0.717, 1.165) is 11.1 Å². The van der Waals surface area contributed by atoms with Crippen LogP contribution < -0.4 is 0 Å². The minimum Gasteiger partial charge on any atom is -0.335 e. The number of imidazole rings is 1. The molecule has 6 heteroatoms. The quantitative estimate of drug-likeness (QED) is 0.486. The van der Waals surface area contributed by atoms with Crippen LogP contribution in [-0.4, -0.2) is 29.9 Å². The number of carbonyl (C=O) groups is 1. The Morgan fingerprint density at radius 3 is 2.28 bits per heavy atom. The number of hydrogen-bond donors (Lipinski definition) is 1. The number of H-pyrrole nitrogens is 1. The highest BCUT2D eigenvalue weighted by molar-refractivity contribution is 7.91. The predicted molar refractivity (Wildman–Crippen MR) is 113 cm³/mol. The number of para-hydroxylation sites is 2. The van der Waals surface area contributed by atoms with Crippen molar-refractivity contribution in [2.24, 2.45) is 0 Å². The smallest absolute Gasteiger partial charge is 0.206 e. The molecular formula is C23H20N2O3S. The first-order chi connectivity index (χ1) is 13.9. The molecule has 1 unspecified atom stereocenters. The molecule has 29 heavy (non-hydrogen) atoms. The first-order valence-electron chi connectivity index (χ1n) is 9.27. The van der Waals surface area contributed by atoms with Gasteiger partial charge >= 0.3 is 0 Å². The Morgan fingerprint density at radius 1 is 0.931 bits per heavy atom. The third kappa shape index (κ3) is 3.98. The van der Waals surface area contributed by atoms with Crippen molar-refractivity contribution in [3.63, 3.8) is 0 Å². The van der Waals surface area contributed by atoms with E-state index in [1.807, 2.05) is 37.3 Å². The lowest BCUT2D eigenvalue weighted by molar-refractivity contribution is 0.0958. The Morgan fingerprint density at radius 2 is 1.59 bits per heavy atom. The first kappa shape index (κ1) is 19.1. The Bertz CT molecular complexity index is 1230. The average Bonchev–Trinajstić information content (AvgIpc) is 3.17. The van der Waals surface area contributed by atoms with E-state index in [-0.39, 0.29) is 22.3 Å². The Labute approximate surface area is 169 Å². The molecule has 0 radical (unpaired) electrons. The van der Waals surface area contributed by atoms with E-state index in [1.54, 1.807) is 48.5 Å². The normalized spacial score (nSPS) is 12.7. The predicted octanol–water partition coefficient (Wildman–Crippen LogP) is 4.31. The number of aryl methyl sites for hydroxylation is 1. The highest BCUT2D eigenvalue weighted by Crippen LogP contribution is 2.26. The largest absolute Gasteiger partial charge is 0.335 e. The van der Waals surface area contributed by atoms with Gasteiger partial charge in [-0.1, -0.05) is 60.2 Å². The summed E-state index contributed by atoms with van der Waals surface area (Å²) in [5, 5.41) is 0. The molecule has 0 saturated carbocycles. The highest BCUT2D eigenvalue weighted by Gasteiger charge is 2.30. The third-order valence-electron chi connectivity index (χ3n) is 4.91. The van der Waals surface area contributed by atoms with Gasteiger partial charge in [0.2, 0.25) is 5.78 Å². The Hall–Kier alpha value is -3.25. The van der Waals surface area contributed by atoms with Crippen molar-refractivity contribution < 1.29 is 13.2 Å². The van der Waals surface area contributed by atoms with Gasteiger partial charge in [0.1, 0.15) is 0 Å². The number of ketones is 1. The van der Waals surface area contributed by atoms with Crippen molar-refractivity contribution >= 4 is 26.7 Å². The number of aromatic amines is 1. The second-order valence-electron chi connectivity index (χ2n) is 7.02. The van der Waals surface area contributed by atoms with E-state index < -0.39 is 15.8 Å². The van der Waals surface area contributed by atoms with Gasteiger partial charge in [-0.15, -0.1) is 0 Å². The molecule has 1 aromatic heterocycles. The number of sulfone groups is 1. The zero-order chi connectivity index (χ0) is 20.4. The summed E-state index contributed by atoms with van der Waals surface area (Å²) in [6.45, 7) is 1.90. The van der Waals surface area contributed by atoms with Crippen LogP contribution in [0.25, 0.3) is 11.0 Å². The van der Waals surface area contributed by atoms with Gasteiger partial charge in [0.05, 0.1) is 27.6 Å². The molecule has 3 aromatic carbocycles. The maximum absolute atomic E-state index is 13.3. The van der Waals surface area contributed by atoms with Crippen LogP contribution in [0.15, 0.2) is 83.8 Å². The molecule has 0 aliphatic carbocycles. The lowest BCUT2D eigenvalue weighted by atomic mass is 9.96. The number of carbonyl (C=O) groups excluding carboxylic acids is 1. The maximum Gasteiger partial charge on any atom is 0.206 e. The van der Waals surface area contributed by atoms with Crippen LogP contribution in [0.1, 0.15) is 27.7 Å². The number of fused-ring (bicyclic) bond motifs is 1. The molecule has 146 valence electrons. The molecule has 4 rings (SSSR count). The van der Waals surface area contributed by atoms with Crippen molar-refractivity contribution in [2.75, 3.05) is 5.75 Å². The second kappa shape index (κ2) is 7.64. The molecule has 1 atom stereocenters. The summed E-state index contributed by atoms with van der Waals surface area (Å²) in [6.07, 6.45) is 0. The monoisotopic (exact) mass is 404 g/mol. The van der Waals surface area contributed by atoms with Gasteiger partial charge in [-0.3, -0.25) is 4.79 Å². The number of nitrogens with zero attached hydrogens (tertiary/aromatic N) is 1. The van der Waals surface area contributed by atoms with Crippen LogP contribution in [0.2, 0.25) is 0 Å². The van der Waals surface area contributed by atoms with Crippen LogP contribution in [-0.2, 0) is 9.84 Å². The summed E-state index contributed by atoms with van der Waals surface area (Å²) in [6, 6.07) is 23.0. The van der Waals surface area contributed by atoms with E-state index in [0.29, 0.717) is 11.1 Å². The summed E-state index contributed by atoms with van der Waals surface area (Å²) in [7, 11) is -3.67. The lowest BCUT2D eigenvalue weighted by Crippen LogP contribution is -2.23. The summed E-state index contributed by atoms with van der Waals surface area (Å²) in [4.78, 5) is 20.9. The number of Topliss-reactive ketones (excluding diaryl/α,β-unsaturated/α-hetero) is 1. The fraction of sp³-hybridized carbons (Fsp3) is 0.130. The minimum atomic E-state index is -3.67. The molecule has 0 saturated heterocycles. The molecule has 4 aromatic rings. The van der Waals surface area contributed by atoms with E-state index in [9.17, 15) is 13.2 Å². The number of rotatable bonds is 6. The Kier molecular flexibility index (Phi) is 5.03. The fourth-order valence-electron chi connectivity index (χ4n) is 3.30. The molecule has 0 fully saturated rings. The van der Waals surface area contributed by atoms with E-state index in [2.05, 4.69) is 9.97 Å². The van der Waals surface area contributed by atoms with Crippen LogP contribution in [0, 0.1) is 6.92 Å². The molecule has 1 heterocycles. The van der Waals surface area contributed by atoms with Crippen LogP contribution in [0.4, 0.5) is 0 Å². The minimum absolute atomic E-state index is 0.166. The van der Waals surface area contributed by atoms with Crippen molar-refractivity contribution in [1.29, 1.82) is 0 Å². The molecule has 0 amide bonds. The second-order valence-corrected chi connectivity index (χ2v) is 9.06. The summed E-state index contributed by atoms with van der Waals surface area (Å²) < 4.78 is 26.1. The number of hydrogen-bond acceptors (Lipinski definition) is 4. The van der Waals surface area contributed by atoms with Crippen LogP contribution in [0.5, 0.6) is 0 Å². The standard InChI is InChI=1S/C23H20N2O3S/c1-16-11-13-18(14-12-16)29(27,28)15-19(17-7-3-2-4-8-17)22(26)23-24-20-9-5-6-10-21(20)25-23/h2-14,19H,15H2,1H3,(H,24,25).